The Morgan fingerprint density at radius 2 is 1.61 bits per heavy atom. The van der Waals surface area contributed by atoms with Gasteiger partial charge in [0.15, 0.2) is 0 Å². The maximum atomic E-state index is 13.1. The van der Waals surface area contributed by atoms with Gasteiger partial charge in [-0.3, -0.25) is 14.4 Å². The van der Waals surface area contributed by atoms with Gasteiger partial charge in [0.05, 0.1) is 12.5 Å². The van der Waals surface area contributed by atoms with E-state index in [1.54, 1.807) is 6.92 Å². The number of ketones is 1. The van der Waals surface area contributed by atoms with Crippen LogP contribution in [0, 0.1) is 46.3 Å². The summed E-state index contributed by atoms with van der Waals surface area (Å²) in [7, 11) is 0. The molecule has 4 rings (SSSR count). The Balaban J connectivity index is 1.40. The van der Waals surface area contributed by atoms with Crippen LogP contribution in [0.15, 0.2) is 0 Å². The zero-order valence-electron chi connectivity index (χ0n) is 24.0. The molecule has 0 aromatic rings. The van der Waals surface area contributed by atoms with E-state index in [1.807, 2.05) is 13.8 Å². The molecule has 4 aliphatic carbocycles. The number of rotatable bonds is 8. The number of hydrogen-bond acceptors (Lipinski definition) is 6. The molecule has 10 atom stereocenters. The summed E-state index contributed by atoms with van der Waals surface area (Å²) in [5.41, 5.74) is 11.7. The summed E-state index contributed by atoms with van der Waals surface area (Å²) in [4.78, 5) is 49.6. The van der Waals surface area contributed by atoms with Crippen molar-refractivity contribution < 1.29 is 23.9 Å². The van der Waals surface area contributed by atoms with E-state index in [0.717, 1.165) is 38.5 Å². The van der Waals surface area contributed by atoms with Gasteiger partial charge in [-0.15, -0.1) is 0 Å². The fraction of sp³-hybridized carbons (Fsp3) is 0.867. The summed E-state index contributed by atoms with van der Waals surface area (Å²) in [5.74, 6) is 1.16. The lowest BCUT2D eigenvalue weighted by atomic mass is 9.44. The minimum atomic E-state index is -1.12. The predicted molar refractivity (Wildman–Crippen MR) is 144 cm³/mol. The Morgan fingerprint density at radius 3 is 2.24 bits per heavy atom. The molecule has 0 bridgehead atoms. The van der Waals surface area contributed by atoms with E-state index in [4.69, 9.17) is 16.2 Å². The number of hydrogen-bond donors (Lipinski definition) is 3. The van der Waals surface area contributed by atoms with Crippen LogP contribution in [0.3, 0.4) is 0 Å². The fourth-order valence-electron chi connectivity index (χ4n) is 9.21. The topological polar surface area (TPSA) is 142 Å². The molecule has 0 unspecified atom stereocenters. The van der Waals surface area contributed by atoms with E-state index in [9.17, 15) is 19.2 Å². The van der Waals surface area contributed by atoms with Gasteiger partial charge in [-0.05, 0) is 105 Å². The number of nitrogens with two attached hydrogens (primary N) is 2. The monoisotopic (exact) mass is 531 g/mol. The van der Waals surface area contributed by atoms with Gasteiger partial charge in [-0.2, -0.15) is 0 Å². The van der Waals surface area contributed by atoms with Crippen molar-refractivity contribution in [1.82, 2.24) is 5.32 Å². The lowest BCUT2D eigenvalue weighted by Crippen LogP contribution is -2.55. The highest BCUT2D eigenvalue weighted by Gasteiger charge is 2.61. The first-order chi connectivity index (χ1) is 17.8. The molecule has 0 aliphatic heterocycles. The van der Waals surface area contributed by atoms with Gasteiger partial charge in [0.1, 0.15) is 17.9 Å². The minimum Gasteiger partial charge on any atom is -0.461 e. The molecule has 38 heavy (non-hydrogen) atoms. The normalized spacial score (nSPS) is 39.8. The third-order valence-corrected chi connectivity index (χ3v) is 11.4. The Labute approximate surface area is 227 Å². The average molecular weight is 532 g/mol. The highest BCUT2D eigenvalue weighted by molar-refractivity contribution is 5.90. The largest absolute Gasteiger partial charge is 0.461 e. The molecule has 0 radical (unpaired) electrons. The zero-order valence-corrected chi connectivity index (χ0v) is 24.0. The summed E-state index contributed by atoms with van der Waals surface area (Å²) in [5, 5.41) is 2.59. The van der Waals surface area contributed by atoms with Gasteiger partial charge in [-0.1, -0.05) is 27.7 Å². The van der Waals surface area contributed by atoms with Gasteiger partial charge in [-0.25, -0.2) is 4.79 Å². The van der Waals surface area contributed by atoms with Crippen LogP contribution >= 0.6 is 0 Å². The van der Waals surface area contributed by atoms with Crippen LogP contribution in [0.4, 0.5) is 0 Å². The van der Waals surface area contributed by atoms with Crippen LogP contribution in [0.1, 0.15) is 98.8 Å². The molecule has 0 saturated heterocycles. The van der Waals surface area contributed by atoms with Crippen molar-refractivity contribution in [3.63, 3.8) is 0 Å². The number of esters is 1. The number of ether oxygens (including phenoxy) is 1. The second-order valence-electron chi connectivity index (χ2n) is 13.8. The molecule has 0 aromatic carbocycles. The molecule has 0 aromatic heterocycles. The van der Waals surface area contributed by atoms with Crippen molar-refractivity contribution >= 4 is 23.6 Å². The van der Waals surface area contributed by atoms with Crippen molar-refractivity contribution in [3.8, 4) is 0 Å². The first kappa shape index (κ1) is 29.0. The van der Waals surface area contributed by atoms with Gasteiger partial charge in [0.2, 0.25) is 11.8 Å². The molecule has 8 heteroatoms. The summed E-state index contributed by atoms with van der Waals surface area (Å²) in [6.45, 7) is 10.3. The van der Waals surface area contributed by atoms with Crippen molar-refractivity contribution in [2.75, 3.05) is 0 Å². The van der Waals surface area contributed by atoms with Crippen LogP contribution in [-0.4, -0.2) is 41.8 Å². The van der Waals surface area contributed by atoms with Gasteiger partial charge in [0, 0.05) is 5.92 Å². The van der Waals surface area contributed by atoms with Crippen molar-refractivity contribution in [2.45, 2.75) is 117 Å². The molecule has 2 amide bonds. The van der Waals surface area contributed by atoms with E-state index in [2.05, 4.69) is 19.2 Å². The Morgan fingerprint density at radius 1 is 0.947 bits per heavy atom. The van der Waals surface area contributed by atoms with Crippen molar-refractivity contribution in [2.24, 2.45) is 57.8 Å². The molecule has 4 saturated carbocycles. The molecule has 4 fully saturated rings. The number of carbonyl (C=O) groups excluding carboxylic acids is 4. The molecule has 4 aliphatic rings. The average Bonchev–Trinajstić information content (AvgIpc) is 3.20. The van der Waals surface area contributed by atoms with Crippen molar-refractivity contribution in [3.05, 3.63) is 0 Å². The van der Waals surface area contributed by atoms with Crippen LogP contribution < -0.4 is 16.8 Å². The minimum absolute atomic E-state index is 0.110. The number of nitrogens with one attached hydrogen (secondary N) is 1. The van der Waals surface area contributed by atoms with Crippen molar-refractivity contribution in [1.29, 1.82) is 0 Å². The lowest BCUT2D eigenvalue weighted by Gasteiger charge is -2.61. The summed E-state index contributed by atoms with van der Waals surface area (Å²) < 4.78 is 5.91. The third kappa shape index (κ3) is 5.26. The standard InChI is InChI=1S/C30H49N3O5/c1-16(2)26(32)27(36)33-24(15-25(31)35)28(37)38-19-10-12-29(4)18(14-19)6-7-20-22-9-8-21(17(3)34)30(22,5)13-11-23(20)29/h16,18-24,26H,6-15,32H2,1-5H3,(H2,31,35)(H,33,36)/t18-,19+,20-,21+,22-,23-,24-,26-,29-,30+/m0/s1. The van der Waals surface area contributed by atoms with Crippen LogP contribution in [0.5, 0.6) is 0 Å². The molecule has 0 heterocycles. The van der Waals surface area contributed by atoms with E-state index in [1.165, 1.54) is 19.3 Å². The zero-order chi connectivity index (χ0) is 28.0. The van der Waals surface area contributed by atoms with Crippen LogP contribution in [0.2, 0.25) is 0 Å². The second-order valence-corrected chi connectivity index (χ2v) is 13.8. The van der Waals surface area contributed by atoms with Gasteiger partial charge < -0.3 is 21.5 Å². The lowest BCUT2D eigenvalue weighted by molar-refractivity contribution is -0.166. The maximum absolute atomic E-state index is 13.1. The van der Waals surface area contributed by atoms with Crippen LogP contribution in [-0.2, 0) is 23.9 Å². The number of fused-ring (bicyclic) bond motifs is 5. The third-order valence-electron chi connectivity index (χ3n) is 11.4. The molecule has 8 nitrogen and oxygen atoms in total. The first-order valence-electron chi connectivity index (χ1n) is 14.8. The number of Topliss-reactive ketones (excluding diaryl/α,β-unsaturated/α-hetero) is 1. The van der Waals surface area contributed by atoms with E-state index in [-0.39, 0.29) is 35.2 Å². The Hall–Kier alpha value is -1.96. The van der Waals surface area contributed by atoms with Gasteiger partial charge in [0.25, 0.3) is 0 Å². The summed E-state index contributed by atoms with van der Waals surface area (Å²) >= 11 is 0. The summed E-state index contributed by atoms with van der Waals surface area (Å²) in [6, 6.07) is -1.91. The SMILES string of the molecule is CC(=O)[C@H]1CC[C@H]2[C@@H]3CC[C@H]4C[C@H](OC(=O)[C@H](CC(N)=O)NC(=O)[C@@H](N)C(C)C)CC[C@]4(C)[C@H]3CC[C@]12C. The number of carbonyl (C=O) groups is 4. The predicted octanol–water partition coefficient (Wildman–Crippen LogP) is 3.49. The molecular weight excluding hydrogens is 482 g/mol. The molecule has 0 spiro atoms. The molecule has 214 valence electrons. The Bertz CT molecular complexity index is 952. The van der Waals surface area contributed by atoms with Gasteiger partial charge >= 0.3 is 5.97 Å². The number of amides is 2. The summed E-state index contributed by atoms with van der Waals surface area (Å²) in [6.07, 6.45) is 8.89. The second kappa shape index (κ2) is 10.9. The van der Waals surface area contributed by atoms with E-state index in [0.29, 0.717) is 29.5 Å². The van der Waals surface area contributed by atoms with Crippen LogP contribution in [0.25, 0.3) is 0 Å². The first-order valence-corrected chi connectivity index (χ1v) is 14.8. The van der Waals surface area contributed by atoms with E-state index >= 15 is 0 Å². The quantitative estimate of drug-likeness (QED) is 0.409. The Kier molecular flexibility index (Phi) is 8.33. The van der Waals surface area contributed by atoms with E-state index < -0.39 is 29.9 Å². The smallest absolute Gasteiger partial charge is 0.329 e. The number of primary amides is 1. The fourth-order valence-corrected chi connectivity index (χ4v) is 9.21. The maximum Gasteiger partial charge on any atom is 0.329 e. The molecular formula is C30H49N3O5. The molecule has 5 N–H and O–H groups in total. The highest BCUT2D eigenvalue weighted by Crippen LogP contribution is 2.67. The highest BCUT2D eigenvalue weighted by atomic mass is 16.5.